The quantitative estimate of drug-likeness (QED) is 0.504. The van der Waals surface area contributed by atoms with Crippen LogP contribution in [-0.2, 0) is 14.3 Å². The zero-order chi connectivity index (χ0) is 23.4. The van der Waals surface area contributed by atoms with E-state index in [4.69, 9.17) is 4.74 Å². The lowest BCUT2D eigenvalue weighted by atomic mass is 9.98. The fourth-order valence-electron chi connectivity index (χ4n) is 4.03. The molecule has 0 spiro atoms. The van der Waals surface area contributed by atoms with Crippen molar-refractivity contribution in [1.29, 1.82) is 0 Å². The number of carbonyl (C=O) groups is 3. The molecule has 33 heavy (non-hydrogen) atoms. The van der Waals surface area contributed by atoms with Gasteiger partial charge in [0.15, 0.2) is 0 Å². The Labute approximate surface area is 191 Å². The number of alkyl carbamates (subject to hydrolysis) is 1. The molecule has 0 fully saturated rings. The molecule has 1 unspecified atom stereocenters. The molecule has 3 N–H and O–H groups in total. The van der Waals surface area contributed by atoms with Crippen LogP contribution in [0.25, 0.3) is 11.1 Å². The van der Waals surface area contributed by atoms with Crippen LogP contribution in [0.1, 0.15) is 29.0 Å². The summed E-state index contributed by atoms with van der Waals surface area (Å²) >= 11 is 0. The van der Waals surface area contributed by atoms with Crippen LogP contribution in [0.2, 0.25) is 0 Å². The lowest BCUT2D eigenvalue weighted by Crippen LogP contribution is -2.45. The number of carboxylic acid groups (broad SMARTS) is 1. The largest absolute Gasteiger partial charge is 0.481 e. The number of nitrogens with one attached hydrogen (secondary N) is 2. The molecule has 4 rings (SSSR count). The van der Waals surface area contributed by atoms with Gasteiger partial charge in [-0.15, -0.1) is 0 Å². The molecule has 2 amide bonds. The number of rotatable bonds is 7. The van der Waals surface area contributed by atoms with Gasteiger partial charge in [0.1, 0.15) is 12.6 Å². The minimum Gasteiger partial charge on any atom is -0.481 e. The third kappa shape index (κ3) is 5.03. The molecule has 1 aliphatic rings. The van der Waals surface area contributed by atoms with Gasteiger partial charge >= 0.3 is 12.1 Å². The van der Waals surface area contributed by atoms with E-state index in [1.807, 2.05) is 67.6 Å². The molecule has 7 heteroatoms. The zero-order valence-electron chi connectivity index (χ0n) is 18.1. The van der Waals surface area contributed by atoms with E-state index >= 15 is 0 Å². The van der Waals surface area contributed by atoms with Gasteiger partial charge < -0.3 is 20.5 Å². The minimum absolute atomic E-state index is 0.0687. The number of benzene rings is 3. The summed E-state index contributed by atoms with van der Waals surface area (Å²) < 4.78 is 5.44. The van der Waals surface area contributed by atoms with E-state index in [2.05, 4.69) is 10.6 Å². The summed E-state index contributed by atoms with van der Waals surface area (Å²) in [5, 5.41) is 14.2. The van der Waals surface area contributed by atoms with Gasteiger partial charge in [-0.3, -0.25) is 9.59 Å². The second-order valence-corrected chi connectivity index (χ2v) is 7.98. The van der Waals surface area contributed by atoms with E-state index in [0.717, 1.165) is 27.8 Å². The summed E-state index contributed by atoms with van der Waals surface area (Å²) in [6.45, 7) is 1.98. The highest BCUT2D eigenvalue weighted by Gasteiger charge is 2.30. The summed E-state index contributed by atoms with van der Waals surface area (Å²) in [5.41, 5.74) is 5.85. The average molecular weight is 444 g/mol. The van der Waals surface area contributed by atoms with Crippen molar-refractivity contribution in [1.82, 2.24) is 5.32 Å². The van der Waals surface area contributed by atoms with E-state index in [-0.39, 0.29) is 12.5 Å². The number of aliphatic carboxylic acids is 1. The number of amides is 2. The highest BCUT2D eigenvalue weighted by Crippen LogP contribution is 2.44. The lowest BCUT2D eigenvalue weighted by Gasteiger charge is -2.19. The number of fused-ring (bicyclic) bond motifs is 3. The van der Waals surface area contributed by atoms with E-state index in [0.29, 0.717) is 5.69 Å². The molecule has 0 aliphatic heterocycles. The van der Waals surface area contributed by atoms with Crippen molar-refractivity contribution in [2.24, 2.45) is 0 Å². The first kappa shape index (κ1) is 22.1. The zero-order valence-corrected chi connectivity index (χ0v) is 18.1. The molecule has 0 saturated carbocycles. The van der Waals surface area contributed by atoms with Gasteiger partial charge in [-0.25, -0.2) is 4.79 Å². The smallest absolute Gasteiger partial charge is 0.407 e. The van der Waals surface area contributed by atoms with Gasteiger partial charge in [0.05, 0.1) is 6.42 Å². The number of anilines is 1. The topological polar surface area (TPSA) is 105 Å². The summed E-state index contributed by atoms with van der Waals surface area (Å²) in [4.78, 5) is 36.4. The third-order valence-corrected chi connectivity index (χ3v) is 5.65. The Kier molecular flexibility index (Phi) is 6.40. The average Bonchev–Trinajstić information content (AvgIpc) is 3.12. The predicted molar refractivity (Wildman–Crippen MR) is 124 cm³/mol. The van der Waals surface area contributed by atoms with Crippen molar-refractivity contribution in [2.45, 2.75) is 25.3 Å². The van der Waals surface area contributed by atoms with E-state index in [1.54, 1.807) is 12.1 Å². The van der Waals surface area contributed by atoms with Crippen LogP contribution in [0.5, 0.6) is 0 Å². The van der Waals surface area contributed by atoms with Gasteiger partial charge in [0.2, 0.25) is 5.91 Å². The number of hydrogen-bond donors (Lipinski definition) is 3. The van der Waals surface area contributed by atoms with Crippen molar-refractivity contribution in [3.63, 3.8) is 0 Å². The maximum absolute atomic E-state index is 12.6. The van der Waals surface area contributed by atoms with Crippen LogP contribution in [0.15, 0.2) is 72.8 Å². The number of ether oxygens (including phenoxy) is 1. The van der Waals surface area contributed by atoms with Gasteiger partial charge in [-0.2, -0.15) is 0 Å². The fraction of sp³-hybridized carbons (Fsp3) is 0.192. The lowest BCUT2D eigenvalue weighted by molar-refractivity contribution is -0.139. The Bertz CT molecular complexity index is 1140. The van der Waals surface area contributed by atoms with E-state index in [9.17, 15) is 19.5 Å². The normalized spacial score (nSPS) is 12.9. The Morgan fingerprint density at radius 2 is 1.48 bits per heavy atom. The summed E-state index contributed by atoms with van der Waals surface area (Å²) in [6, 6.07) is 21.7. The summed E-state index contributed by atoms with van der Waals surface area (Å²) in [6.07, 6.45) is -1.41. The van der Waals surface area contributed by atoms with Crippen LogP contribution in [0.4, 0.5) is 10.5 Å². The Balaban J connectivity index is 1.42. The predicted octanol–water partition coefficient (Wildman–Crippen LogP) is 4.32. The number of carbonyl (C=O) groups excluding carboxylic acids is 2. The van der Waals surface area contributed by atoms with Crippen molar-refractivity contribution in [2.75, 3.05) is 11.9 Å². The number of hydrogen-bond acceptors (Lipinski definition) is 4. The monoisotopic (exact) mass is 444 g/mol. The molecule has 3 aromatic carbocycles. The molecular weight excluding hydrogens is 420 g/mol. The molecule has 0 heterocycles. The Morgan fingerprint density at radius 3 is 2.06 bits per heavy atom. The van der Waals surface area contributed by atoms with Crippen LogP contribution in [0.3, 0.4) is 0 Å². The van der Waals surface area contributed by atoms with E-state index < -0.39 is 30.4 Å². The maximum atomic E-state index is 12.6. The molecule has 0 radical (unpaired) electrons. The SMILES string of the molecule is Cc1ccc(NC(=O)C(CC(=O)O)NC(=O)OCC2c3ccccc3-c3ccccc32)cc1. The van der Waals surface area contributed by atoms with Crippen LogP contribution < -0.4 is 10.6 Å². The molecule has 3 aromatic rings. The van der Waals surface area contributed by atoms with Crippen LogP contribution in [0, 0.1) is 6.92 Å². The highest BCUT2D eigenvalue weighted by atomic mass is 16.5. The Morgan fingerprint density at radius 1 is 0.909 bits per heavy atom. The second kappa shape index (κ2) is 9.56. The van der Waals surface area contributed by atoms with Crippen molar-refractivity contribution < 1.29 is 24.2 Å². The first-order valence-corrected chi connectivity index (χ1v) is 10.6. The standard InChI is InChI=1S/C26H24N2O5/c1-16-10-12-17(13-11-16)27-25(31)23(14-24(29)30)28-26(32)33-15-22-20-8-4-2-6-18(20)19-7-3-5-9-21(19)22/h2-13,22-23H,14-15H2,1H3,(H,27,31)(H,28,32)(H,29,30). The Hall–Kier alpha value is -4.13. The van der Waals surface area contributed by atoms with Gasteiger partial charge in [-0.05, 0) is 41.3 Å². The fourth-order valence-corrected chi connectivity index (χ4v) is 4.03. The van der Waals surface area contributed by atoms with Gasteiger partial charge in [0.25, 0.3) is 0 Å². The molecule has 0 saturated heterocycles. The minimum atomic E-state index is -1.28. The summed E-state index contributed by atoms with van der Waals surface area (Å²) in [5.74, 6) is -1.98. The summed E-state index contributed by atoms with van der Waals surface area (Å²) in [7, 11) is 0. The molecule has 168 valence electrons. The second-order valence-electron chi connectivity index (χ2n) is 7.98. The third-order valence-electron chi connectivity index (χ3n) is 5.65. The van der Waals surface area contributed by atoms with Gasteiger partial charge in [-0.1, -0.05) is 66.2 Å². The van der Waals surface area contributed by atoms with Crippen molar-refractivity contribution >= 4 is 23.7 Å². The molecular formula is C26H24N2O5. The van der Waals surface area contributed by atoms with Crippen molar-refractivity contribution in [3.8, 4) is 11.1 Å². The molecule has 0 bridgehead atoms. The molecule has 0 aromatic heterocycles. The first-order valence-electron chi connectivity index (χ1n) is 10.6. The molecule has 1 atom stereocenters. The number of aryl methyl sites for hydroxylation is 1. The van der Waals surface area contributed by atoms with Crippen LogP contribution in [-0.4, -0.2) is 35.7 Å². The maximum Gasteiger partial charge on any atom is 0.407 e. The number of carboxylic acids is 1. The van der Waals surface area contributed by atoms with Gasteiger partial charge in [0, 0.05) is 11.6 Å². The van der Waals surface area contributed by atoms with Crippen LogP contribution >= 0.6 is 0 Å². The van der Waals surface area contributed by atoms with E-state index in [1.165, 1.54) is 0 Å². The first-order chi connectivity index (χ1) is 15.9. The molecule has 7 nitrogen and oxygen atoms in total. The highest BCUT2D eigenvalue weighted by molar-refractivity contribution is 5.98. The molecule has 1 aliphatic carbocycles. The van der Waals surface area contributed by atoms with Crippen molar-refractivity contribution in [3.05, 3.63) is 89.5 Å².